The molecule has 1 N–H and O–H groups in total. The van der Waals surface area contributed by atoms with E-state index in [-0.39, 0.29) is 0 Å². The van der Waals surface area contributed by atoms with Gasteiger partial charge in [-0.25, -0.2) is 9.97 Å². The number of benzene rings is 2. The summed E-state index contributed by atoms with van der Waals surface area (Å²) in [5.74, 6) is 0. The zero-order chi connectivity index (χ0) is 12.7. The van der Waals surface area contributed by atoms with Crippen molar-refractivity contribution in [3.8, 4) is 11.3 Å². The number of fused-ring (bicyclic) bond motifs is 3. The second kappa shape index (κ2) is 3.92. The summed E-state index contributed by atoms with van der Waals surface area (Å²) < 4.78 is 0. The molecule has 3 nitrogen and oxygen atoms in total. The molecule has 19 heavy (non-hydrogen) atoms. The van der Waals surface area contributed by atoms with Gasteiger partial charge in [0.05, 0.1) is 11.1 Å². The van der Waals surface area contributed by atoms with E-state index in [1.54, 1.807) is 6.33 Å². The van der Waals surface area contributed by atoms with E-state index < -0.39 is 0 Å². The Kier molecular flexibility index (Phi) is 2.12. The van der Waals surface area contributed by atoms with Gasteiger partial charge in [0.25, 0.3) is 0 Å². The van der Waals surface area contributed by atoms with Gasteiger partial charge in [-0.2, -0.15) is 0 Å². The zero-order valence-corrected chi connectivity index (χ0v) is 10.2. The molecule has 2 heterocycles. The SMILES string of the molecule is c1ccc(-c2ncnc3[nH]c4ccccc4c23)cc1. The predicted octanol–water partition coefficient (Wildman–Crippen LogP) is 3.78. The summed E-state index contributed by atoms with van der Waals surface area (Å²) in [6.07, 6.45) is 1.61. The number of hydrogen-bond donors (Lipinski definition) is 1. The first-order valence-electron chi connectivity index (χ1n) is 6.20. The number of rotatable bonds is 1. The molecule has 0 radical (unpaired) electrons. The molecule has 4 aromatic rings. The Morgan fingerprint density at radius 2 is 1.58 bits per heavy atom. The minimum absolute atomic E-state index is 0.884. The molecule has 4 rings (SSSR count). The summed E-state index contributed by atoms with van der Waals surface area (Å²) in [5.41, 5.74) is 4.06. The number of aromatic amines is 1. The van der Waals surface area contributed by atoms with Crippen LogP contribution in [-0.4, -0.2) is 15.0 Å². The van der Waals surface area contributed by atoms with Crippen LogP contribution in [0.4, 0.5) is 0 Å². The van der Waals surface area contributed by atoms with E-state index in [0.717, 1.165) is 33.2 Å². The van der Waals surface area contributed by atoms with Crippen LogP contribution in [0.15, 0.2) is 60.9 Å². The van der Waals surface area contributed by atoms with Crippen LogP contribution in [0.3, 0.4) is 0 Å². The Labute approximate surface area is 110 Å². The van der Waals surface area contributed by atoms with Crippen molar-refractivity contribution >= 4 is 21.9 Å². The molecule has 0 aliphatic carbocycles. The van der Waals surface area contributed by atoms with Gasteiger partial charge >= 0.3 is 0 Å². The third-order valence-corrected chi connectivity index (χ3v) is 3.34. The summed E-state index contributed by atoms with van der Waals surface area (Å²) in [5, 5.41) is 2.25. The maximum atomic E-state index is 4.47. The van der Waals surface area contributed by atoms with E-state index in [0.29, 0.717) is 0 Å². The van der Waals surface area contributed by atoms with E-state index in [4.69, 9.17) is 0 Å². The second-order valence-corrected chi connectivity index (χ2v) is 4.48. The molecule has 0 fully saturated rings. The first kappa shape index (κ1) is 10.3. The summed E-state index contributed by atoms with van der Waals surface area (Å²) in [6, 6.07) is 18.4. The molecule has 0 aliphatic rings. The van der Waals surface area contributed by atoms with Gasteiger partial charge in [0.15, 0.2) is 0 Å². The predicted molar refractivity (Wildman–Crippen MR) is 76.8 cm³/mol. The molecule has 0 saturated carbocycles. The third-order valence-electron chi connectivity index (χ3n) is 3.34. The molecule has 3 heteroatoms. The highest BCUT2D eigenvalue weighted by Gasteiger charge is 2.11. The molecule has 0 bridgehead atoms. The fourth-order valence-corrected chi connectivity index (χ4v) is 2.49. The molecule has 2 aromatic heterocycles. The van der Waals surface area contributed by atoms with Crippen LogP contribution in [0.25, 0.3) is 33.2 Å². The van der Waals surface area contributed by atoms with E-state index in [1.165, 1.54) is 0 Å². The van der Waals surface area contributed by atoms with Gasteiger partial charge < -0.3 is 4.98 Å². The van der Waals surface area contributed by atoms with Crippen molar-refractivity contribution in [1.82, 2.24) is 15.0 Å². The maximum absolute atomic E-state index is 4.47. The lowest BCUT2D eigenvalue weighted by Gasteiger charge is -2.02. The molecule has 0 saturated heterocycles. The third kappa shape index (κ3) is 1.52. The summed E-state index contributed by atoms with van der Waals surface area (Å²) in [7, 11) is 0. The minimum Gasteiger partial charge on any atom is -0.339 e. The maximum Gasteiger partial charge on any atom is 0.142 e. The number of para-hydroxylation sites is 1. The van der Waals surface area contributed by atoms with E-state index in [2.05, 4.69) is 39.2 Å². The minimum atomic E-state index is 0.884. The van der Waals surface area contributed by atoms with Gasteiger partial charge in [-0.1, -0.05) is 48.5 Å². The van der Waals surface area contributed by atoms with E-state index >= 15 is 0 Å². The van der Waals surface area contributed by atoms with Crippen molar-refractivity contribution < 1.29 is 0 Å². The van der Waals surface area contributed by atoms with Gasteiger partial charge in [-0.05, 0) is 6.07 Å². The number of hydrogen-bond acceptors (Lipinski definition) is 2. The van der Waals surface area contributed by atoms with Gasteiger partial charge in [0.1, 0.15) is 12.0 Å². The first-order valence-corrected chi connectivity index (χ1v) is 6.20. The normalized spacial score (nSPS) is 11.2. The van der Waals surface area contributed by atoms with Crippen molar-refractivity contribution in [3.05, 3.63) is 60.9 Å². The van der Waals surface area contributed by atoms with Crippen LogP contribution in [0.1, 0.15) is 0 Å². The molecular weight excluding hydrogens is 234 g/mol. The fraction of sp³-hybridized carbons (Fsp3) is 0. The molecule has 0 amide bonds. The fourth-order valence-electron chi connectivity index (χ4n) is 2.49. The first-order chi connectivity index (χ1) is 9.43. The quantitative estimate of drug-likeness (QED) is 0.554. The molecular formula is C16H11N3. The molecule has 2 aromatic carbocycles. The topological polar surface area (TPSA) is 41.6 Å². The van der Waals surface area contributed by atoms with Crippen LogP contribution in [0.2, 0.25) is 0 Å². The Balaban J connectivity index is 2.17. The monoisotopic (exact) mass is 245 g/mol. The van der Waals surface area contributed by atoms with Crippen LogP contribution < -0.4 is 0 Å². The summed E-state index contributed by atoms with van der Waals surface area (Å²) in [6.45, 7) is 0. The van der Waals surface area contributed by atoms with Crippen molar-refractivity contribution in [1.29, 1.82) is 0 Å². The summed E-state index contributed by atoms with van der Waals surface area (Å²) in [4.78, 5) is 12.1. The average molecular weight is 245 g/mol. The van der Waals surface area contributed by atoms with Gasteiger partial charge in [-0.15, -0.1) is 0 Å². The zero-order valence-electron chi connectivity index (χ0n) is 10.2. The van der Waals surface area contributed by atoms with Crippen LogP contribution in [-0.2, 0) is 0 Å². The van der Waals surface area contributed by atoms with Crippen molar-refractivity contribution in [3.63, 3.8) is 0 Å². The van der Waals surface area contributed by atoms with Crippen molar-refractivity contribution in [2.24, 2.45) is 0 Å². The van der Waals surface area contributed by atoms with Gasteiger partial charge in [0.2, 0.25) is 0 Å². The molecule has 0 atom stereocenters. The van der Waals surface area contributed by atoms with Crippen molar-refractivity contribution in [2.75, 3.05) is 0 Å². The van der Waals surface area contributed by atoms with Crippen LogP contribution in [0.5, 0.6) is 0 Å². The number of nitrogens with zero attached hydrogens (tertiary/aromatic N) is 2. The highest BCUT2D eigenvalue weighted by Crippen LogP contribution is 2.31. The largest absolute Gasteiger partial charge is 0.339 e. The molecule has 0 spiro atoms. The van der Waals surface area contributed by atoms with Crippen LogP contribution >= 0.6 is 0 Å². The Morgan fingerprint density at radius 1 is 0.789 bits per heavy atom. The summed E-state index contributed by atoms with van der Waals surface area (Å²) >= 11 is 0. The number of H-pyrrole nitrogens is 1. The van der Waals surface area contributed by atoms with E-state index in [9.17, 15) is 0 Å². The lowest BCUT2D eigenvalue weighted by atomic mass is 10.1. The van der Waals surface area contributed by atoms with Crippen molar-refractivity contribution in [2.45, 2.75) is 0 Å². The number of aromatic nitrogens is 3. The average Bonchev–Trinajstić information content (AvgIpc) is 2.86. The second-order valence-electron chi connectivity index (χ2n) is 4.48. The standard InChI is InChI=1S/C16H11N3/c1-2-6-11(7-3-1)15-14-12-8-4-5-9-13(12)19-16(14)18-10-17-15/h1-10H,(H,17,18,19). The molecule has 90 valence electrons. The smallest absolute Gasteiger partial charge is 0.142 e. The Morgan fingerprint density at radius 3 is 2.47 bits per heavy atom. The lowest BCUT2D eigenvalue weighted by Crippen LogP contribution is -1.86. The molecule has 0 aliphatic heterocycles. The lowest BCUT2D eigenvalue weighted by molar-refractivity contribution is 1.21. The highest BCUT2D eigenvalue weighted by atomic mass is 14.9. The molecule has 0 unspecified atom stereocenters. The highest BCUT2D eigenvalue weighted by molar-refractivity contribution is 6.11. The van der Waals surface area contributed by atoms with E-state index in [1.807, 2.05) is 30.3 Å². The number of nitrogens with one attached hydrogen (secondary N) is 1. The van der Waals surface area contributed by atoms with Gasteiger partial charge in [0, 0.05) is 16.5 Å². The Hall–Kier alpha value is -2.68. The van der Waals surface area contributed by atoms with Gasteiger partial charge in [-0.3, -0.25) is 0 Å². The van der Waals surface area contributed by atoms with Crippen LogP contribution in [0, 0.1) is 0 Å². The Bertz CT molecular complexity index is 863.